The molecule has 0 spiro atoms. The van der Waals surface area contributed by atoms with E-state index in [-0.39, 0.29) is 18.8 Å². The first-order valence-electron chi connectivity index (χ1n) is 7.32. The Balaban J connectivity index is 1.62. The molecular weight excluding hydrogens is 241 g/mol. The average molecular weight is 263 g/mol. The summed E-state index contributed by atoms with van der Waals surface area (Å²) in [6.07, 6.45) is 4.33. The van der Waals surface area contributed by atoms with Crippen molar-refractivity contribution in [3.05, 3.63) is 10.4 Å². The zero-order chi connectivity index (χ0) is 13.7. The van der Waals surface area contributed by atoms with Crippen molar-refractivity contribution in [3.63, 3.8) is 0 Å². The second-order valence-corrected chi connectivity index (χ2v) is 6.99. The molecule has 4 fully saturated rings. The molecule has 0 radical (unpaired) electrons. The highest BCUT2D eigenvalue weighted by Gasteiger charge is 2.67. The zero-order valence-corrected chi connectivity index (χ0v) is 12.0. The lowest BCUT2D eigenvalue weighted by molar-refractivity contribution is -0.199. The van der Waals surface area contributed by atoms with Gasteiger partial charge in [0.2, 0.25) is 0 Å². The van der Waals surface area contributed by atoms with Crippen LogP contribution in [0.15, 0.2) is 5.11 Å². The highest BCUT2D eigenvalue weighted by molar-refractivity contribution is 6.45. The van der Waals surface area contributed by atoms with Crippen LogP contribution in [0, 0.1) is 17.3 Å². The van der Waals surface area contributed by atoms with Gasteiger partial charge in [-0.15, -0.1) is 0 Å². The Morgan fingerprint density at radius 3 is 2.84 bits per heavy atom. The first kappa shape index (κ1) is 13.3. The van der Waals surface area contributed by atoms with E-state index >= 15 is 0 Å². The largest absolute Gasteiger partial charge is 0.457 e. The number of hydrogen-bond donors (Lipinski definition) is 0. The molecule has 6 heteroatoms. The molecule has 19 heavy (non-hydrogen) atoms. The van der Waals surface area contributed by atoms with Crippen molar-refractivity contribution in [1.82, 2.24) is 0 Å². The molecule has 0 amide bonds. The summed E-state index contributed by atoms with van der Waals surface area (Å²) < 4.78 is 12.3. The normalized spacial score (nSPS) is 42.3. The van der Waals surface area contributed by atoms with Crippen LogP contribution in [0.4, 0.5) is 0 Å². The van der Waals surface area contributed by atoms with Crippen molar-refractivity contribution in [2.75, 3.05) is 6.54 Å². The summed E-state index contributed by atoms with van der Waals surface area (Å²) in [6, 6.07) is 0. The van der Waals surface area contributed by atoms with E-state index in [9.17, 15) is 0 Å². The monoisotopic (exact) mass is 263 g/mol. The van der Waals surface area contributed by atoms with Crippen LogP contribution in [0.5, 0.6) is 0 Å². The summed E-state index contributed by atoms with van der Waals surface area (Å²) in [5, 5.41) is 3.56. The lowest BCUT2D eigenvalue weighted by Gasteiger charge is -2.64. The molecule has 4 rings (SSSR count). The Bertz CT molecular complexity index is 424. The third-order valence-electron chi connectivity index (χ3n) is 5.76. The minimum atomic E-state index is -0.112. The summed E-state index contributed by atoms with van der Waals surface area (Å²) in [4.78, 5) is 2.77. The fourth-order valence-corrected chi connectivity index (χ4v) is 4.45. The third-order valence-corrected chi connectivity index (χ3v) is 5.76. The maximum atomic E-state index is 8.26. The van der Waals surface area contributed by atoms with Crippen LogP contribution >= 0.6 is 0 Å². The van der Waals surface area contributed by atoms with Crippen LogP contribution in [0.1, 0.15) is 40.0 Å². The molecule has 1 saturated heterocycles. The molecule has 0 aromatic heterocycles. The van der Waals surface area contributed by atoms with E-state index in [1.54, 1.807) is 0 Å². The van der Waals surface area contributed by atoms with E-state index in [0.29, 0.717) is 17.9 Å². The molecule has 0 aromatic carbocycles. The summed E-state index contributed by atoms with van der Waals surface area (Å²) in [7, 11) is -0.112. The van der Waals surface area contributed by atoms with Gasteiger partial charge in [0.05, 0.1) is 11.7 Å². The van der Waals surface area contributed by atoms with E-state index in [2.05, 4.69) is 30.8 Å². The van der Waals surface area contributed by atoms with Gasteiger partial charge in [-0.25, -0.2) is 0 Å². The smallest absolute Gasteiger partial charge is 0.405 e. The summed E-state index contributed by atoms with van der Waals surface area (Å²) >= 11 is 0. The van der Waals surface area contributed by atoms with Crippen molar-refractivity contribution < 1.29 is 9.31 Å². The lowest BCUT2D eigenvalue weighted by atomic mass is 9.43. The van der Waals surface area contributed by atoms with E-state index in [4.69, 9.17) is 14.8 Å². The molecule has 0 N–H and O–H groups in total. The van der Waals surface area contributed by atoms with E-state index < -0.39 is 0 Å². The van der Waals surface area contributed by atoms with Gasteiger partial charge >= 0.3 is 7.12 Å². The van der Waals surface area contributed by atoms with Gasteiger partial charge < -0.3 is 9.31 Å². The average Bonchev–Trinajstić information content (AvgIpc) is 2.70. The molecule has 2 bridgehead atoms. The van der Waals surface area contributed by atoms with Crippen molar-refractivity contribution in [3.8, 4) is 0 Å². The predicted molar refractivity (Wildman–Crippen MR) is 73.5 cm³/mol. The van der Waals surface area contributed by atoms with E-state index in [1.807, 2.05) is 0 Å². The number of nitrogens with zero attached hydrogens (tertiary/aromatic N) is 3. The maximum absolute atomic E-state index is 8.26. The second kappa shape index (κ2) is 4.40. The van der Waals surface area contributed by atoms with Crippen molar-refractivity contribution in [2.45, 2.75) is 58.1 Å². The minimum absolute atomic E-state index is 0.110. The van der Waals surface area contributed by atoms with Crippen molar-refractivity contribution in [1.29, 1.82) is 0 Å². The highest BCUT2D eigenvalue weighted by Crippen LogP contribution is 2.65. The topological polar surface area (TPSA) is 67.2 Å². The molecule has 1 aliphatic heterocycles. The standard InChI is InChI=1S/C13H22BN3O2/c1-12(2)9-7-10(12)13(3)11(8-9)18-14(19-13)5-4-6-16-17-15/h9-11H,4-8H2,1-3H3/t9-,10?,11+,13-/m0/s1. The van der Waals surface area contributed by atoms with Crippen LogP contribution in [0.3, 0.4) is 0 Å². The Hall–Kier alpha value is -0.705. The Labute approximate surface area is 114 Å². The van der Waals surface area contributed by atoms with Gasteiger partial charge in [0.1, 0.15) is 0 Å². The third kappa shape index (κ3) is 1.89. The maximum Gasteiger partial charge on any atom is 0.457 e. The Morgan fingerprint density at radius 2 is 2.16 bits per heavy atom. The van der Waals surface area contributed by atoms with Crippen LogP contribution < -0.4 is 0 Å². The van der Waals surface area contributed by atoms with Gasteiger partial charge in [-0.05, 0) is 55.3 Å². The van der Waals surface area contributed by atoms with Gasteiger partial charge in [0, 0.05) is 11.5 Å². The first-order chi connectivity index (χ1) is 8.98. The van der Waals surface area contributed by atoms with Gasteiger partial charge in [-0.2, -0.15) is 0 Å². The van der Waals surface area contributed by atoms with Crippen LogP contribution in [0.2, 0.25) is 6.32 Å². The van der Waals surface area contributed by atoms with Gasteiger partial charge in [-0.1, -0.05) is 19.0 Å². The van der Waals surface area contributed by atoms with Gasteiger partial charge in [0.25, 0.3) is 0 Å². The summed E-state index contributed by atoms with van der Waals surface area (Å²) in [5.41, 5.74) is 8.55. The molecule has 3 aliphatic carbocycles. The minimum Gasteiger partial charge on any atom is -0.405 e. The lowest BCUT2D eigenvalue weighted by Crippen LogP contribution is -2.65. The quantitative estimate of drug-likeness (QED) is 0.256. The highest BCUT2D eigenvalue weighted by atomic mass is 16.7. The van der Waals surface area contributed by atoms with E-state index in [0.717, 1.165) is 25.1 Å². The Kier molecular flexibility index (Phi) is 3.08. The zero-order valence-electron chi connectivity index (χ0n) is 12.0. The van der Waals surface area contributed by atoms with Gasteiger partial charge in [0.15, 0.2) is 0 Å². The molecule has 4 aliphatic rings. The first-order valence-corrected chi connectivity index (χ1v) is 7.32. The Morgan fingerprint density at radius 1 is 1.37 bits per heavy atom. The number of azide groups is 1. The molecule has 4 atom stereocenters. The van der Waals surface area contributed by atoms with Crippen LogP contribution in [-0.4, -0.2) is 25.4 Å². The molecule has 1 heterocycles. The molecule has 104 valence electrons. The summed E-state index contributed by atoms with van der Waals surface area (Å²) in [5.74, 6) is 1.41. The van der Waals surface area contributed by atoms with Crippen LogP contribution in [0.25, 0.3) is 10.4 Å². The fourth-order valence-electron chi connectivity index (χ4n) is 4.45. The molecule has 5 nitrogen and oxygen atoms in total. The summed E-state index contributed by atoms with van der Waals surface area (Å²) in [6.45, 7) is 7.49. The number of hydrogen-bond acceptors (Lipinski definition) is 3. The molecule has 3 saturated carbocycles. The molecular formula is C13H22BN3O2. The van der Waals surface area contributed by atoms with E-state index in [1.165, 1.54) is 6.42 Å². The molecule has 0 aromatic rings. The second-order valence-electron chi connectivity index (χ2n) is 6.99. The molecule has 1 unspecified atom stereocenters. The predicted octanol–water partition coefficient (Wildman–Crippen LogP) is 3.42. The van der Waals surface area contributed by atoms with Crippen molar-refractivity contribution >= 4 is 7.12 Å². The van der Waals surface area contributed by atoms with Crippen molar-refractivity contribution in [2.24, 2.45) is 22.4 Å². The SMILES string of the molecule is CC1(C)C2C[C@H]1C[C@H]1OB(CCCN=[N+]=[N-])O[C@@]21C. The van der Waals surface area contributed by atoms with Gasteiger partial charge in [-0.3, -0.25) is 0 Å². The fraction of sp³-hybridized carbons (Fsp3) is 1.00. The van der Waals surface area contributed by atoms with Crippen LogP contribution in [-0.2, 0) is 9.31 Å². The number of rotatable bonds is 4.